The largest absolute Gasteiger partial charge is 0.756 e. The number of likely N-dealkylation sites (N-methyl/N-ethyl adjacent to an activating group) is 1. The van der Waals surface area contributed by atoms with Crippen LogP contribution in [-0.2, 0) is 18.4 Å². The number of amides is 1. The summed E-state index contributed by atoms with van der Waals surface area (Å²) in [5.74, 6) is -0.207. The summed E-state index contributed by atoms with van der Waals surface area (Å²) < 4.78 is 23.2. The van der Waals surface area contributed by atoms with E-state index in [2.05, 4.69) is 79.9 Å². The van der Waals surface area contributed by atoms with Crippen molar-refractivity contribution in [2.45, 2.75) is 257 Å². The predicted octanol–water partition coefficient (Wildman–Crippen LogP) is 16.5. The minimum absolute atomic E-state index is 0.00704. The van der Waals surface area contributed by atoms with E-state index in [1.54, 1.807) is 6.08 Å². The molecule has 0 aliphatic carbocycles. The maximum atomic E-state index is 12.9. The lowest BCUT2D eigenvalue weighted by Crippen LogP contribution is -2.45. The Balaban J connectivity index is 3.95. The molecule has 1 amide bonds. The predicted molar refractivity (Wildman–Crippen MR) is 293 cm³/mol. The number of allylic oxidation sites excluding steroid dienone is 11. The number of carbonyl (C=O) groups is 1. The second kappa shape index (κ2) is 49.9. The SMILES string of the molecule is CC/C=C\C/C=C\C/C=C\C/C=C\CCCCCCCCCCCCCCCCCCCCCCCCC(=O)NC(COP(=O)([O-])OCC[N+](C)(C)C)C(O)/C=C/CC/C=C/CCCCCCC. The van der Waals surface area contributed by atoms with Crippen LogP contribution in [0.25, 0.3) is 0 Å². The highest BCUT2D eigenvalue weighted by molar-refractivity contribution is 7.45. The summed E-state index contributed by atoms with van der Waals surface area (Å²) in [5.41, 5.74) is 0. The van der Waals surface area contributed by atoms with Gasteiger partial charge in [0, 0.05) is 6.42 Å². The van der Waals surface area contributed by atoms with Crippen molar-refractivity contribution in [2.75, 3.05) is 40.9 Å². The molecule has 9 heteroatoms. The Morgan fingerprint density at radius 1 is 0.529 bits per heavy atom. The lowest BCUT2D eigenvalue weighted by atomic mass is 10.0. The van der Waals surface area contributed by atoms with Crippen molar-refractivity contribution in [2.24, 2.45) is 0 Å². The van der Waals surface area contributed by atoms with Crippen LogP contribution in [0.1, 0.15) is 245 Å². The van der Waals surface area contributed by atoms with Crippen molar-refractivity contribution in [1.29, 1.82) is 0 Å². The Morgan fingerprint density at radius 2 is 0.912 bits per heavy atom. The molecule has 0 bridgehead atoms. The molecule has 0 radical (unpaired) electrons. The molecule has 0 spiro atoms. The number of hydrogen-bond acceptors (Lipinski definition) is 6. The Bertz CT molecular complexity index is 1330. The second-order valence-corrected chi connectivity index (χ2v) is 21.7. The van der Waals surface area contributed by atoms with E-state index in [0.717, 1.165) is 64.2 Å². The lowest BCUT2D eigenvalue weighted by Gasteiger charge is -2.29. The molecule has 0 rings (SSSR count). The van der Waals surface area contributed by atoms with E-state index >= 15 is 0 Å². The fraction of sp³-hybridized carbons (Fsp3) is 0.780. The topological polar surface area (TPSA) is 108 Å². The first-order valence-electron chi connectivity index (χ1n) is 28.3. The van der Waals surface area contributed by atoms with E-state index < -0.39 is 26.6 Å². The van der Waals surface area contributed by atoms with Gasteiger partial charge in [0.1, 0.15) is 13.2 Å². The van der Waals surface area contributed by atoms with E-state index in [1.165, 1.54) is 161 Å². The van der Waals surface area contributed by atoms with E-state index in [1.807, 2.05) is 27.2 Å². The number of phosphoric acid groups is 1. The van der Waals surface area contributed by atoms with Crippen LogP contribution in [0.2, 0.25) is 0 Å². The van der Waals surface area contributed by atoms with Crippen molar-refractivity contribution < 1.29 is 32.9 Å². The molecule has 0 fully saturated rings. The van der Waals surface area contributed by atoms with Gasteiger partial charge in [-0.3, -0.25) is 9.36 Å². The molecule has 0 aromatic heterocycles. The summed E-state index contributed by atoms with van der Waals surface area (Å²) in [6.07, 6.45) is 68.6. The number of aliphatic hydroxyl groups excluding tert-OH is 1. The number of carbonyl (C=O) groups excluding carboxylic acids is 1. The zero-order valence-corrected chi connectivity index (χ0v) is 45.9. The molecular formula is C59H109N2O6P. The zero-order chi connectivity index (χ0) is 49.9. The summed E-state index contributed by atoms with van der Waals surface area (Å²) >= 11 is 0. The van der Waals surface area contributed by atoms with Crippen molar-refractivity contribution in [1.82, 2.24) is 5.32 Å². The van der Waals surface area contributed by atoms with Crippen LogP contribution in [0.5, 0.6) is 0 Å². The number of nitrogens with one attached hydrogen (secondary N) is 1. The smallest absolute Gasteiger partial charge is 0.268 e. The van der Waals surface area contributed by atoms with E-state index in [9.17, 15) is 19.4 Å². The zero-order valence-electron chi connectivity index (χ0n) is 45.0. The molecule has 0 saturated carbocycles. The lowest BCUT2D eigenvalue weighted by molar-refractivity contribution is -0.870. The Kier molecular flexibility index (Phi) is 48.4. The third-order valence-corrected chi connectivity index (χ3v) is 13.4. The summed E-state index contributed by atoms with van der Waals surface area (Å²) in [6, 6.07) is -0.902. The molecule has 396 valence electrons. The molecule has 0 saturated heterocycles. The second-order valence-electron chi connectivity index (χ2n) is 20.3. The molecule has 0 aliphatic heterocycles. The van der Waals surface area contributed by atoms with Crippen molar-refractivity contribution >= 4 is 13.7 Å². The normalized spacial score (nSPS) is 14.5. The Morgan fingerprint density at radius 3 is 1.37 bits per heavy atom. The van der Waals surface area contributed by atoms with Crippen LogP contribution in [0.4, 0.5) is 0 Å². The Labute approximate surface area is 421 Å². The summed E-state index contributed by atoms with van der Waals surface area (Å²) in [4.78, 5) is 25.4. The van der Waals surface area contributed by atoms with Gasteiger partial charge in [0.2, 0.25) is 5.91 Å². The number of aliphatic hydroxyl groups is 1. The van der Waals surface area contributed by atoms with E-state index in [4.69, 9.17) is 9.05 Å². The summed E-state index contributed by atoms with van der Waals surface area (Å²) in [6.45, 7) is 4.49. The molecule has 0 aromatic carbocycles. The number of hydrogen-bond donors (Lipinski definition) is 2. The maximum absolute atomic E-state index is 12.9. The van der Waals surface area contributed by atoms with Gasteiger partial charge < -0.3 is 28.8 Å². The monoisotopic (exact) mass is 973 g/mol. The van der Waals surface area contributed by atoms with Gasteiger partial charge in [-0.2, -0.15) is 0 Å². The first-order valence-corrected chi connectivity index (χ1v) is 29.8. The molecule has 3 unspecified atom stereocenters. The maximum Gasteiger partial charge on any atom is 0.268 e. The van der Waals surface area contributed by atoms with Crippen LogP contribution < -0.4 is 10.2 Å². The molecule has 3 atom stereocenters. The van der Waals surface area contributed by atoms with Gasteiger partial charge in [0.25, 0.3) is 7.82 Å². The van der Waals surface area contributed by atoms with Crippen molar-refractivity contribution in [3.05, 3.63) is 72.9 Å². The first kappa shape index (κ1) is 65.9. The molecule has 0 aromatic rings. The molecule has 68 heavy (non-hydrogen) atoms. The number of quaternary nitrogens is 1. The quantitative estimate of drug-likeness (QED) is 0.0272. The van der Waals surface area contributed by atoms with Gasteiger partial charge >= 0.3 is 0 Å². The van der Waals surface area contributed by atoms with Gasteiger partial charge in [0.15, 0.2) is 0 Å². The van der Waals surface area contributed by atoms with Crippen molar-refractivity contribution in [3.63, 3.8) is 0 Å². The summed E-state index contributed by atoms with van der Waals surface area (Å²) in [5, 5.41) is 13.8. The number of unbranched alkanes of at least 4 members (excludes halogenated alkanes) is 28. The van der Waals surface area contributed by atoms with Crippen LogP contribution in [0.15, 0.2) is 72.9 Å². The van der Waals surface area contributed by atoms with Gasteiger partial charge in [-0.05, 0) is 70.6 Å². The highest BCUT2D eigenvalue weighted by Gasteiger charge is 2.23. The van der Waals surface area contributed by atoms with Crippen LogP contribution in [0.3, 0.4) is 0 Å². The molecule has 8 nitrogen and oxygen atoms in total. The average molecular weight is 974 g/mol. The van der Waals surface area contributed by atoms with E-state index in [-0.39, 0.29) is 12.5 Å². The highest BCUT2D eigenvalue weighted by Crippen LogP contribution is 2.38. The van der Waals surface area contributed by atoms with Crippen LogP contribution in [0, 0.1) is 0 Å². The number of nitrogens with zero attached hydrogens (tertiary/aromatic N) is 1. The first-order chi connectivity index (χ1) is 33.0. The van der Waals surface area contributed by atoms with Crippen LogP contribution >= 0.6 is 7.82 Å². The fourth-order valence-electron chi connectivity index (χ4n) is 7.98. The molecular weight excluding hydrogens is 864 g/mol. The third-order valence-electron chi connectivity index (χ3n) is 12.4. The highest BCUT2D eigenvalue weighted by atomic mass is 31.2. The molecule has 2 N–H and O–H groups in total. The van der Waals surface area contributed by atoms with Crippen LogP contribution in [-0.4, -0.2) is 68.5 Å². The molecule has 0 aliphatic rings. The molecule has 0 heterocycles. The van der Waals surface area contributed by atoms with E-state index in [0.29, 0.717) is 17.4 Å². The van der Waals surface area contributed by atoms with Gasteiger partial charge in [-0.1, -0.05) is 241 Å². The number of rotatable bonds is 51. The van der Waals surface area contributed by atoms with Gasteiger partial charge in [-0.15, -0.1) is 0 Å². The average Bonchev–Trinajstić information content (AvgIpc) is 3.30. The fourth-order valence-corrected chi connectivity index (χ4v) is 8.71. The Hall–Kier alpha value is -2.06. The minimum Gasteiger partial charge on any atom is -0.756 e. The van der Waals surface area contributed by atoms with Crippen molar-refractivity contribution in [3.8, 4) is 0 Å². The third kappa shape index (κ3) is 51.8. The number of phosphoric ester groups is 1. The summed E-state index contributed by atoms with van der Waals surface area (Å²) in [7, 11) is 1.24. The standard InChI is InChI=1S/C59H109N2O6P/c1-6-8-10-12-14-16-18-19-20-21-22-23-24-25-26-27-28-29-30-31-32-33-34-35-36-37-38-39-40-41-43-45-47-49-51-53-59(63)60-57(56-67-68(64,65)66-55-54-61(3,4)5)58(62)52-50-48-46-44-42-17-15-13-11-9-7-2/h8,10,14,16,19-20,22-23,42,44,50,52,57-58,62H,6-7,9,11-13,15,17-18,21,24-41,43,45-49,51,53-56H2,1-5H3,(H-,60,63,64,65)/b10-8-,16-14-,20-19-,23-22-,44-42+,52-50+. The van der Waals surface area contributed by atoms with Gasteiger partial charge in [-0.25, -0.2) is 0 Å². The van der Waals surface area contributed by atoms with Gasteiger partial charge in [0.05, 0.1) is 39.9 Å². The minimum atomic E-state index is -4.60.